The van der Waals surface area contributed by atoms with E-state index in [4.69, 9.17) is 4.74 Å². The van der Waals surface area contributed by atoms with Crippen molar-refractivity contribution in [2.24, 2.45) is 5.92 Å². The van der Waals surface area contributed by atoms with Crippen LogP contribution in [-0.4, -0.2) is 76.2 Å². The van der Waals surface area contributed by atoms with Crippen molar-refractivity contribution < 1.29 is 26.4 Å². The van der Waals surface area contributed by atoms with Crippen molar-refractivity contribution in [2.75, 3.05) is 38.0 Å². The van der Waals surface area contributed by atoms with E-state index in [9.17, 15) is 21.6 Å². The molecule has 2 heterocycles. The molecule has 2 aromatic rings. The van der Waals surface area contributed by atoms with Crippen molar-refractivity contribution in [2.45, 2.75) is 55.6 Å². The molecule has 4 rings (SSSR count). The summed E-state index contributed by atoms with van der Waals surface area (Å²) >= 11 is 0. The molecule has 2 saturated heterocycles. The molecule has 202 valence electrons. The van der Waals surface area contributed by atoms with Crippen LogP contribution in [0.1, 0.15) is 44.0 Å². The van der Waals surface area contributed by atoms with E-state index in [2.05, 4.69) is 12.2 Å². The van der Waals surface area contributed by atoms with Gasteiger partial charge in [-0.3, -0.25) is 4.79 Å². The largest absolute Gasteiger partial charge is 0.378 e. The molecule has 9 nitrogen and oxygen atoms in total. The minimum Gasteiger partial charge on any atom is -0.378 e. The Morgan fingerprint density at radius 2 is 1.46 bits per heavy atom. The third-order valence-corrected chi connectivity index (χ3v) is 10.6. The lowest BCUT2D eigenvalue weighted by molar-refractivity contribution is -0.0440. The standard InChI is InChI=1S/C26H35N3O6S2/c1-19-11-13-28(14-12-19)36(31,32)24-9-7-23(8-10-24)27-16-26(30)22-5-4-6-25(15-22)37(33,34)29-17-20(2)35-21(3)18-29/h4-10,15,19-21,27H,11-14,16-18H2,1-3H3. The van der Waals surface area contributed by atoms with Gasteiger partial charge in [-0.2, -0.15) is 8.61 Å². The fraction of sp³-hybridized carbons (Fsp3) is 0.500. The van der Waals surface area contributed by atoms with Crippen molar-refractivity contribution in [3.05, 3.63) is 54.1 Å². The van der Waals surface area contributed by atoms with Gasteiger partial charge in [0.1, 0.15) is 0 Å². The maximum Gasteiger partial charge on any atom is 0.243 e. The number of ketones is 1. The Morgan fingerprint density at radius 3 is 2.08 bits per heavy atom. The van der Waals surface area contributed by atoms with E-state index in [0.717, 1.165) is 12.8 Å². The second kappa shape index (κ2) is 11.2. The van der Waals surface area contributed by atoms with E-state index >= 15 is 0 Å². The second-order valence-electron chi connectivity index (χ2n) is 9.99. The summed E-state index contributed by atoms with van der Waals surface area (Å²) in [4.78, 5) is 13.1. The van der Waals surface area contributed by atoms with Gasteiger partial charge >= 0.3 is 0 Å². The summed E-state index contributed by atoms with van der Waals surface area (Å²) in [5.41, 5.74) is 0.876. The molecule has 11 heteroatoms. The first-order valence-corrected chi connectivity index (χ1v) is 15.5. The summed E-state index contributed by atoms with van der Waals surface area (Å²) in [6.45, 7) is 7.30. The second-order valence-corrected chi connectivity index (χ2v) is 13.9. The number of ether oxygens (including phenoxy) is 1. The van der Waals surface area contributed by atoms with E-state index < -0.39 is 20.0 Å². The lowest BCUT2D eigenvalue weighted by atomic mass is 10.0. The summed E-state index contributed by atoms with van der Waals surface area (Å²) < 4.78 is 60.7. The molecule has 2 unspecified atom stereocenters. The molecule has 2 fully saturated rings. The van der Waals surface area contributed by atoms with E-state index in [-0.39, 0.29) is 53.0 Å². The highest BCUT2D eigenvalue weighted by Crippen LogP contribution is 2.25. The zero-order chi connectivity index (χ0) is 26.8. The first kappa shape index (κ1) is 27.7. The quantitative estimate of drug-likeness (QED) is 0.503. The first-order valence-electron chi connectivity index (χ1n) is 12.6. The number of hydrogen-bond acceptors (Lipinski definition) is 7. The molecule has 37 heavy (non-hydrogen) atoms. The molecule has 0 saturated carbocycles. The fourth-order valence-electron chi connectivity index (χ4n) is 4.71. The minimum absolute atomic E-state index is 0.0643. The van der Waals surface area contributed by atoms with E-state index in [0.29, 0.717) is 24.7 Å². The monoisotopic (exact) mass is 549 g/mol. The van der Waals surface area contributed by atoms with Gasteiger partial charge in [-0.1, -0.05) is 19.1 Å². The average Bonchev–Trinajstić information content (AvgIpc) is 2.87. The molecule has 0 bridgehead atoms. The highest BCUT2D eigenvalue weighted by molar-refractivity contribution is 7.89. The normalized spacial score (nSPS) is 22.6. The van der Waals surface area contributed by atoms with Crippen molar-refractivity contribution in [1.29, 1.82) is 0 Å². The Hall–Kier alpha value is -2.31. The SMILES string of the molecule is CC1CCN(S(=O)(=O)c2ccc(NCC(=O)c3cccc(S(=O)(=O)N4CC(C)OC(C)C4)c3)cc2)CC1. The van der Waals surface area contributed by atoms with Gasteiger partial charge in [0.15, 0.2) is 5.78 Å². The molecule has 0 amide bonds. The molecular formula is C26H35N3O6S2. The van der Waals surface area contributed by atoms with Crippen LogP contribution in [0, 0.1) is 5.92 Å². The summed E-state index contributed by atoms with van der Waals surface area (Å²) in [7, 11) is -7.30. The van der Waals surface area contributed by atoms with Crippen LogP contribution in [0.15, 0.2) is 58.3 Å². The number of piperidine rings is 1. The first-order chi connectivity index (χ1) is 17.5. The van der Waals surface area contributed by atoms with Gasteiger partial charge in [-0.05, 0) is 69.0 Å². The number of hydrogen-bond donors (Lipinski definition) is 1. The summed E-state index contributed by atoms with van der Waals surface area (Å²) in [6.07, 6.45) is 1.29. The highest BCUT2D eigenvalue weighted by atomic mass is 32.2. The zero-order valence-corrected chi connectivity index (χ0v) is 23.1. The number of anilines is 1. The lowest BCUT2D eigenvalue weighted by Crippen LogP contribution is -2.48. The van der Waals surface area contributed by atoms with E-state index in [1.165, 1.54) is 32.9 Å². The van der Waals surface area contributed by atoms with Crippen LogP contribution < -0.4 is 5.32 Å². The van der Waals surface area contributed by atoms with E-state index in [1.54, 1.807) is 24.3 Å². The van der Waals surface area contributed by atoms with E-state index in [1.807, 2.05) is 13.8 Å². The van der Waals surface area contributed by atoms with Gasteiger partial charge in [0, 0.05) is 37.4 Å². The highest BCUT2D eigenvalue weighted by Gasteiger charge is 2.32. The number of Topliss-reactive ketones (excluding diaryl/α,β-unsaturated/α-hetero) is 1. The summed E-state index contributed by atoms with van der Waals surface area (Å²) in [5, 5.41) is 3.01. The molecule has 2 atom stereocenters. The Morgan fingerprint density at radius 1 is 0.865 bits per heavy atom. The number of carbonyl (C=O) groups excluding carboxylic acids is 1. The van der Waals surface area contributed by atoms with Gasteiger partial charge in [-0.15, -0.1) is 0 Å². The number of morpholine rings is 1. The number of carbonyl (C=O) groups is 1. The predicted octanol–water partition coefficient (Wildman–Crippen LogP) is 3.20. The van der Waals surface area contributed by atoms with Crippen molar-refractivity contribution in [3.63, 3.8) is 0 Å². The Bertz CT molecular complexity index is 1310. The molecule has 2 aliphatic heterocycles. The molecule has 0 aliphatic carbocycles. The molecule has 0 radical (unpaired) electrons. The lowest BCUT2D eigenvalue weighted by Gasteiger charge is -2.34. The maximum atomic E-state index is 13.2. The van der Waals surface area contributed by atoms with Gasteiger partial charge in [-0.25, -0.2) is 16.8 Å². The van der Waals surface area contributed by atoms with Crippen LogP contribution in [0.2, 0.25) is 0 Å². The Kier molecular flexibility index (Phi) is 8.39. The van der Waals surface area contributed by atoms with Crippen molar-refractivity contribution in [1.82, 2.24) is 8.61 Å². The number of sulfonamides is 2. The van der Waals surface area contributed by atoms with Crippen LogP contribution in [0.25, 0.3) is 0 Å². The van der Waals surface area contributed by atoms with Crippen LogP contribution in [0.3, 0.4) is 0 Å². The number of rotatable bonds is 8. The molecule has 2 aliphatic rings. The zero-order valence-electron chi connectivity index (χ0n) is 21.5. The third-order valence-electron chi connectivity index (χ3n) is 6.87. The van der Waals surface area contributed by atoms with Gasteiger partial charge < -0.3 is 10.1 Å². The van der Waals surface area contributed by atoms with Crippen LogP contribution in [0.4, 0.5) is 5.69 Å². The number of benzene rings is 2. The Balaban J connectivity index is 1.39. The van der Waals surface area contributed by atoms with Crippen molar-refractivity contribution in [3.8, 4) is 0 Å². The number of nitrogens with zero attached hydrogens (tertiary/aromatic N) is 2. The third kappa shape index (κ3) is 6.40. The fourth-order valence-corrected chi connectivity index (χ4v) is 7.82. The molecular weight excluding hydrogens is 514 g/mol. The van der Waals surface area contributed by atoms with Crippen LogP contribution in [0.5, 0.6) is 0 Å². The maximum absolute atomic E-state index is 13.2. The molecule has 1 N–H and O–H groups in total. The topological polar surface area (TPSA) is 113 Å². The van der Waals surface area contributed by atoms with Crippen LogP contribution >= 0.6 is 0 Å². The summed E-state index contributed by atoms with van der Waals surface area (Å²) in [6, 6.07) is 12.4. The predicted molar refractivity (Wildman–Crippen MR) is 142 cm³/mol. The van der Waals surface area contributed by atoms with Gasteiger partial charge in [0.25, 0.3) is 0 Å². The van der Waals surface area contributed by atoms with Gasteiger partial charge in [0.2, 0.25) is 20.0 Å². The van der Waals surface area contributed by atoms with Gasteiger partial charge in [0.05, 0.1) is 28.5 Å². The van der Waals surface area contributed by atoms with Crippen LogP contribution in [-0.2, 0) is 24.8 Å². The average molecular weight is 550 g/mol. The molecule has 0 aromatic heterocycles. The minimum atomic E-state index is -3.76. The Labute approximate surface area is 219 Å². The summed E-state index contributed by atoms with van der Waals surface area (Å²) in [5.74, 6) is 0.253. The molecule has 2 aromatic carbocycles. The smallest absolute Gasteiger partial charge is 0.243 e. The van der Waals surface area contributed by atoms with Crippen molar-refractivity contribution >= 4 is 31.5 Å². The number of nitrogens with one attached hydrogen (secondary N) is 1. The molecule has 0 spiro atoms.